The van der Waals surface area contributed by atoms with Gasteiger partial charge in [0, 0.05) is 33.6 Å². The number of esters is 2. The summed E-state index contributed by atoms with van der Waals surface area (Å²) in [6.07, 6.45) is 1.37. The monoisotopic (exact) mass is 382 g/mol. The van der Waals surface area contributed by atoms with Crippen LogP contribution in [0.2, 0.25) is 0 Å². The number of benzene rings is 1. The second kappa shape index (κ2) is 7.24. The molecule has 2 aliphatic heterocycles. The first kappa shape index (κ1) is 18.7. The first-order valence-electron chi connectivity index (χ1n) is 8.50. The summed E-state index contributed by atoms with van der Waals surface area (Å²) < 4.78 is 36.0. The van der Waals surface area contributed by atoms with Crippen molar-refractivity contribution in [2.75, 3.05) is 38.7 Å². The number of nitrogens with zero attached hydrogens (tertiary/aromatic N) is 2. The molecule has 0 amide bonds. The second-order valence-corrected chi connectivity index (χ2v) is 8.66. The van der Waals surface area contributed by atoms with Gasteiger partial charge in [-0.3, -0.25) is 0 Å². The first-order valence-corrected chi connectivity index (χ1v) is 9.94. The smallest absolute Gasteiger partial charge is 0.347 e. The van der Waals surface area contributed by atoms with E-state index in [2.05, 4.69) is 0 Å². The largest absolute Gasteiger partial charge is 0.463 e. The Bertz CT molecular complexity index is 815. The van der Waals surface area contributed by atoms with Crippen molar-refractivity contribution in [1.82, 2.24) is 4.31 Å². The molecule has 0 N–H and O–H groups in total. The van der Waals surface area contributed by atoms with E-state index in [0.717, 1.165) is 30.2 Å². The Kier molecular flexibility index (Phi) is 5.19. The van der Waals surface area contributed by atoms with E-state index in [9.17, 15) is 18.0 Å². The van der Waals surface area contributed by atoms with Crippen LogP contribution in [0.5, 0.6) is 0 Å². The van der Waals surface area contributed by atoms with E-state index in [1.165, 1.54) is 26.2 Å². The van der Waals surface area contributed by atoms with Crippen molar-refractivity contribution in [3.05, 3.63) is 23.8 Å². The van der Waals surface area contributed by atoms with Crippen LogP contribution in [0.1, 0.15) is 29.6 Å². The molecule has 26 heavy (non-hydrogen) atoms. The standard InChI is InChI=1S/C17H22N2O6S/c1-18(2)26(22,23)12-5-6-14(19-8-3-4-9-19)13(11-12)16(20)25-15-7-10-24-17(15)21/h5-6,11,15H,3-4,7-10H2,1-2H3/t15-/m1/s1. The van der Waals surface area contributed by atoms with Crippen molar-refractivity contribution in [3.63, 3.8) is 0 Å². The van der Waals surface area contributed by atoms with Gasteiger partial charge in [0.1, 0.15) is 0 Å². The topological polar surface area (TPSA) is 93.2 Å². The average Bonchev–Trinajstić information content (AvgIpc) is 3.26. The molecule has 2 aliphatic rings. The Balaban J connectivity index is 1.98. The zero-order chi connectivity index (χ0) is 18.9. The molecule has 0 radical (unpaired) electrons. The van der Waals surface area contributed by atoms with Gasteiger partial charge in [0.2, 0.25) is 16.1 Å². The predicted molar refractivity (Wildman–Crippen MR) is 93.5 cm³/mol. The van der Waals surface area contributed by atoms with E-state index in [1.807, 2.05) is 4.90 Å². The third kappa shape index (κ3) is 3.54. The minimum Gasteiger partial charge on any atom is -0.463 e. The van der Waals surface area contributed by atoms with Crippen molar-refractivity contribution in [3.8, 4) is 0 Å². The van der Waals surface area contributed by atoms with Gasteiger partial charge in [-0.25, -0.2) is 22.3 Å². The molecule has 0 aliphatic carbocycles. The van der Waals surface area contributed by atoms with E-state index < -0.39 is 28.1 Å². The molecular formula is C17H22N2O6S. The maximum atomic E-state index is 12.7. The maximum absolute atomic E-state index is 12.7. The van der Waals surface area contributed by atoms with Gasteiger partial charge in [0.15, 0.2) is 0 Å². The Morgan fingerprint density at radius 3 is 2.54 bits per heavy atom. The van der Waals surface area contributed by atoms with Gasteiger partial charge in [0.05, 0.1) is 22.8 Å². The van der Waals surface area contributed by atoms with Crippen LogP contribution in [-0.4, -0.2) is 64.6 Å². The Labute approximate surface area is 152 Å². The maximum Gasteiger partial charge on any atom is 0.347 e. The van der Waals surface area contributed by atoms with Gasteiger partial charge in [-0.1, -0.05) is 0 Å². The molecule has 2 heterocycles. The molecule has 142 valence electrons. The summed E-state index contributed by atoms with van der Waals surface area (Å²) in [5, 5.41) is 0. The van der Waals surface area contributed by atoms with Gasteiger partial charge < -0.3 is 14.4 Å². The molecular weight excluding hydrogens is 360 g/mol. The molecule has 0 bridgehead atoms. The fraction of sp³-hybridized carbons (Fsp3) is 0.529. The van der Waals surface area contributed by atoms with Crippen LogP contribution < -0.4 is 4.90 Å². The van der Waals surface area contributed by atoms with Gasteiger partial charge in [-0.15, -0.1) is 0 Å². The summed E-state index contributed by atoms with van der Waals surface area (Å²) >= 11 is 0. The summed E-state index contributed by atoms with van der Waals surface area (Å²) in [4.78, 5) is 26.3. The first-order chi connectivity index (χ1) is 12.3. The number of cyclic esters (lactones) is 1. The Hall–Kier alpha value is -2.13. The van der Waals surface area contributed by atoms with Crippen LogP contribution >= 0.6 is 0 Å². The molecule has 0 aromatic heterocycles. The number of sulfonamides is 1. The lowest BCUT2D eigenvalue weighted by Crippen LogP contribution is -2.27. The van der Waals surface area contributed by atoms with E-state index in [1.54, 1.807) is 6.07 Å². The van der Waals surface area contributed by atoms with Crippen LogP contribution in [0.4, 0.5) is 5.69 Å². The third-order valence-electron chi connectivity index (χ3n) is 4.55. The molecule has 1 aromatic carbocycles. The summed E-state index contributed by atoms with van der Waals surface area (Å²) in [5.41, 5.74) is 0.770. The number of carbonyl (C=O) groups excluding carboxylic acids is 2. The highest BCUT2D eigenvalue weighted by Gasteiger charge is 2.32. The molecule has 2 fully saturated rings. The van der Waals surface area contributed by atoms with E-state index >= 15 is 0 Å². The number of hydrogen-bond donors (Lipinski definition) is 0. The number of carbonyl (C=O) groups is 2. The fourth-order valence-corrected chi connectivity index (χ4v) is 3.99. The fourth-order valence-electron chi connectivity index (χ4n) is 3.06. The third-order valence-corrected chi connectivity index (χ3v) is 6.36. The lowest BCUT2D eigenvalue weighted by Gasteiger charge is -2.22. The quantitative estimate of drug-likeness (QED) is 0.702. The van der Waals surface area contributed by atoms with Crippen LogP contribution in [0.25, 0.3) is 0 Å². The van der Waals surface area contributed by atoms with Gasteiger partial charge in [-0.05, 0) is 31.0 Å². The molecule has 0 unspecified atom stereocenters. The number of ether oxygens (including phenoxy) is 2. The predicted octanol–water partition coefficient (Wildman–Crippen LogP) is 1.01. The van der Waals surface area contributed by atoms with Crippen LogP contribution in [0, 0.1) is 0 Å². The SMILES string of the molecule is CN(C)S(=O)(=O)c1ccc(N2CCCC2)c(C(=O)O[C@@H]2CCOC2=O)c1. The molecule has 1 aromatic rings. The number of anilines is 1. The van der Waals surface area contributed by atoms with Crippen molar-refractivity contribution in [2.24, 2.45) is 0 Å². The summed E-state index contributed by atoms with van der Waals surface area (Å²) in [7, 11) is -0.842. The zero-order valence-electron chi connectivity index (χ0n) is 14.8. The van der Waals surface area contributed by atoms with E-state index in [0.29, 0.717) is 12.1 Å². The summed E-state index contributed by atoms with van der Waals surface area (Å²) in [6.45, 7) is 1.78. The van der Waals surface area contributed by atoms with Crippen LogP contribution in [0.3, 0.4) is 0 Å². The Morgan fingerprint density at radius 1 is 1.27 bits per heavy atom. The molecule has 8 nitrogen and oxygen atoms in total. The molecule has 1 atom stereocenters. The second-order valence-electron chi connectivity index (χ2n) is 6.51. The van der Waals surface area contributed by atoms with Crippen molar-refractivity contribution >= 4 is 27.6 Å². The van der Waals surface area contributed by atoms with Gasteiger partial charge in [0.25, 0.3) is 0 Å². The molecule has 0 spiro atoms. The van der Waals surface area contributed by atoms with Gasteiger partial charge in [-0.2, -0.15) is 0 Å². The van der Waals surface area contributed by atoms with Gasteiger partial charge >= 0.3 is 11.9 Å². The minimum absolute atomic E-state index is 0.00592. The van der Waals surface area contributed by atoms with Crippen molar-refractivity contribution in [1.29, 1.82) is 0 Å². The van der Waals surface area contributed by atoms with Crippen molar-refractivity contribution < 1.29 is 27.5 Å². The highest BCUT2D eigenvalue weighted by molar-refractivity contribution is 7.89. The normalized spacial score (nSPS) is 20.5. The zero-order valence-corrected chi connectivity index (χ0v) is 15.6. The van der Waals surface area contributed by atoms with Crippen molar-refractivity contribution in [2.45, 2.75) is 30.3 Å². The highest BCUT2D eigenvalue weighted by atomic mass is 32.2. The van der Waals surface area contributed by atoms with E-state index in [4.69, 9.17) is 9.47 Å². The minimum atomic E-state index is -3.70. The lowest BCUT2D eigenvalue weighted by molar-refractivity contribution is -0.145. The molecule has 0 saturated carbocycles. The van der Waals surface area contributed by atoms with Crippen LogP contribution in [-0.2, 0) is 24.3 Å². The lowest BCUT2D eigenvalue weighted by atomic mass is 10.1. The number of hydrogen-bond acceptors (Lipinski definition) is 7. The van der Waals surface area contributed by atoms with E-state index in [-0.39, 0.29) is 17.1 Å². The summed E-state index contributed by atoms with van der Waals surface area (Å²) in [5.74, 6) is -1.29. The molecule has 9 heteroatoms. The highest BCUT2D eigenvalue weighted by Crippen LogP contribution is 2.29. The Morgan fingerprint density at radius 2 is 1.96 bits per heavy atom. The number of rotatable bonds is 5. The molecule has 3 rings (SSSR count). The summed E-state index contributed by atoms with van der Waals surface area (Å²) in [6, 6.07) is 4.44. The van der Waals surface area contributed by atoms with Crippen LogP contribution in [0.15, 0.2) is 23.1 Å². The average molecular weight is 382 g/mol. The molecule has 2 saturated heterocycles.